The lowest BCUT2D eigenvalue weighted by atomic mass is 10.1. The van der Waals surface area contributed by atoms with Gasteiger partial charge in [-0.15, -0.1) is 0 Å². The number of rotatable bonds is 3. The molecular weight excluding hydrogens is 332 g/mol. The Morgan fingerprint density at radius 2 is 2.00 bits per heavy atom. The van der Waals surface area contributed by atoms with Crippen LogP contribution in [0.1, 0.15) is 29.3 Å². The van der Waals surface area contributed by atoms with Gasteiger partial charge in [-0.2, -0.15) is 0 Å². The molecule has 1 aromatic carbocycles. The van der Waals surface area contributed by atoms with E-state index in [9.17, 15) is 18.0 Å². The van der Waals surface area contributed by atoms with Gasteiger partial charge >= 0.3 is 5.97 Å². The second kappa shape index (κ2) is 5.77. The highest BCUT2D eigenvalue weighted by atomic mass is 32.2. The van der Waals surface area contributed by atoms with E-state index >= 15 is 0 Å². The molecule has 0 spiro atoms. The Labute approximate surface area is 140 Å². The topological polar surface area (TPSA) is 95.0 Å². The maximum atomic E-state index is 12.6. The van der Waals surface area contributed by atoms with E-state index in [0.717, 1.165) is 5.56 Å². The number of sulfonamides is 1. The molecule has 0 aliphatic carbocycles. The summed E-state index contributed by atoms with van der Waals surface area (Å²) in [6, 6.07) is 4.83. The average molecular weight is 352 g/mol. The summed E-state index contributed by atoms with van der Waals surface area (Å²) in [5, 5.41) is 9.04. The maximum absolute atomic E-state index is 12.6. The molecule has 2 aliphatic heterocycles. The molecule has 1 saturated heterocycles. The molecule has 0 bridgehead atoms. The lowest BCUT2D eigenvalue weighted by Crippen LogP contribution is -2.34. The number of anilines is 1. The minimum atomic E-state index is -3.36. The number of carboxylic acid groups (broad SMARTS) is 1. The third-order valence-corrected chi connectivity index (χ3v) is 5.93. The van der Waals surface area contributed by atoms with E-state index in [1.165, 1.54) is 10.6 Å². The molecule has 1 amide bonds. The Morgan fingerprint density at radius 3 is 2.58 bits per heavy atom. The first-order valence-corrected chi connectivity index (χ1v) is 9.67. The number of likely N-dealkylation sites (tertiary alicyclic amines) is 1. The summed E-state index contributed by atoms with van der Waals surface area (Å²) in [6.45, 7) is 2.48. The Bertz CT molecular complexity index is 805. The molecule has 24 heavy (non-hydrogen) atoms. The Morgan fingerprint density at radius 1 is 1.29 bits per heavy atom. The van der Waals surface area contributed by atoms with Gasteiger partial charge in [-0.25, -0.2) is 8.42 Å². The quantitative estimate of drug-likeness (QED) is 0.874. The summed E-state index contributed by atoms with van der Waals surface area (Å²) in [5.41, 5.74) is 1.92. The number of benzene rings is 1. The molecule has 8 heteroatoms. The molecule has 1 fully saturated rings. The molecule has 7 nitrogen and oxygen atoms in total. The van der Waals surface area contributed by atoms with Crippen molar-refractivity contribution >= 4 is 27.6 Å². The van der Waals surface area contributed by atoms with E-state index in [0.29, 0.717) is 30.6 Å². The number of amides is 1. The highest BCUT2D eigenvalue weighted by molar-refractivity contribution is 7.92. The smallest absolute Gasteiger partial charge is 0.308 e. The van der Waals surface area contributed by atoms with Crippen molar-refractivity contribution in [1.29, 1.82) is 0 Å². The van der Waals surface area contributed by atoms with Crippen molar-refractivity contribution < 1.29 is 23.1 Å². The van der Waals surface area contributed by atoms with Crippen molar-refractivity contribution in [3.63, 3.8) is 0 Å². The first-order chi connectivity index (χ1) is 11.2. The molecule has 1 aromatic rings. The van der Waals surface area contributed by atoms with Gasteiger partial charge in [0, 0.05) is 24.7 Å². The fourth-order valence-corrected chi connectivity index (χ4v) is 4.83. The van der Waals surface area contributed by atoms with Gasteiger partial charge in [0.05, 0.1) is 17.9 Å². The molecule has 1 N–H and O–H groups in total. The number of carbonyl (C=O) groups is 2. The van der Waals surface area contributed by atoms with Crippen LogP contribution in [0.5, 0.6) is 0 Å². The largest absolute Gasteiger partial charge is 0.481 e. The van der Waals surface area contributed by atoms with Crippen LogP contribution in [-0.2, 0) is 21.2 Å². The van der Waals surface area contributed by atoms with Crippen molar-refractivity contribution in [2.45, 2.75) is 25.8 Å². The highest BCUT2D eigenvalue weighted by Crippen LogP contribution is 2.35. The average Bonchev–Trinajstić information content (AvgIpc) is 3.08. The minimum Gasteiger partial charge on any atom is -0.481 e. The number of hydrogen-bond acceptors (Lipinski definition) is 4. The molecule has 0 radical (unpaired) electrons. The van der Waals surface area contributed by atoms with Crippen LogP contribution in [0.2, 0.25) is 0 Å². The Hall–Kier alpha value is -2.09. The van der Waals surface area contributed by atoms with Gasteiger partial charge in [0.2, 0.25) is 10.0 Å². The van der Waals surface area contributed by atoms with Crippen molar-refractivity contribution in [1.82, 2.24) is 4.90 Å². The summed E-state index contributed by atoms with van der Waals surface area (Å²) in [5.74, 6) is -1.59. The molecule has 2 heterocycles. The van der Waals surface area contributed by atoms with Crippen LogP contribution in [0.15, 0.2) is 18.2 Å². The number of fused-ring (bicyclic) bond motifs is 1. The molecule has 2 aliphatic rings. The number of carbonyl (C=O) groups excluding carboxylic acids is 1. The van der Waals surface area contributed by atoms with Gasteiger partial charge in [0.1, 0.15) is 0 Å². The van der Waals surface area contributed by atoms with Crippen molar-refractivity contribution in [2.75, 3.05) is 23.7 Å². The standard InChI is InChI=1S/C16H20N2O5S/c1-10-7-13-8-11(3-4-14(13)18(10)24(2,22)23)15(19)17-6-5-12(9-17)16(20)21/h3-4,8,10,12H,5-7,9H2,1-2H3,(H,20,21)/t10-,12+/m0/s1. The third-order valence-electron chi connectivity index (χ3n) is 4.66. The highest BCUT2D eigenvalue weighted by Gasteiger charge is 2.34. The third kappa shape index (κ3) is 2.86. The summed E-state index contributed by atoms with van der Waals surface area (Å²) in [4.78, 5) is 25.2. The molecule has 0 unspecified atom stereocenters. The van der Waals surface area contributed by atoms with Crippen LogP contribution in [-0.4, -0.2) is 55.7 Å². The van der Waals surface area contributed by atoms with Crippen LogP contribution in [0.3, 0.4) is 0 Å². The van der Waals surface area contributed by atoms with Gasteiger partial charge in [-0.1, -0.05) is 0 Å². The zero-order chi connectivity index (χ0) is 17.6. The summed E-state index contributed by atoms with van der Waals surface area (Å²) in [6.07, 6.45) is 2.19. The molecular formula is C16H20N2O5S. The van der Waals surface area contributed by atoms with Crippen molar-refractivity contribution in [3.8, 4) is 0 Å². The van der Waals surface area contributed by atoms with Gasteiger partial charge in [0.25, 0.3) is 5.91 Å². The second-order valence-electron chi connectivity index (χ2n) is 6.53. The SMILES string of the molecule is C[C@H]1Cc2cc(C(=O)N3CC[C@@H](C(=O)O)C3)ccc2N1S(C)(=O)=O. The van der Waals surface area contributed by atoms with Gasteiger partial charge in [-0.05, 0) is 43.5 Å². The zero-order valence-electron chi connectivity index (χ0n) is 13.6. The molecule has 3 rings (SSSR count). The summed E-state index contributed by atoms with van der Waals surface area (Å²) < 4.78 is 25.2. The molecule has 130 valence electrons. The van der Waals surface area contributed by atoms with E-state index in [1.54, 1.807) is 23.1 Å². The van der Waals surface area contributed by atoms with Crippen molar-refractivity contribution in [2.24, 2.45) is 5.92 Å². The lowest BCUT2D eigenvalue weighted by Gasteiger charge is -2.22. The van der Waals surface area contributed by atoms with E-state index in [2.05, 4.69) is 0 Å². The van der Waals surface area contributed by atoms with Crippen LogP contribution in [0, 0.1) is 5.92 Å². The predicted octanol–water partition coefficient (Wildman–Crippen LogP) is 0.944. The van der Waals surface area contributed by atoms with E-state index in [1.807, 2.05) is 6.92 Å². The first-order valence-electron chi connectivity index (χ1n) is 7.83. The van der Waals surface area contributed by atoms with Crippen molar-refractivity contribution in [3.05, 3.63) is 29.3 Å². The van der Waals surface area contributed by atoms with Crippen LogP contribution in [0.4, 0.5) is 5.69 Å². The first kappa shape index (κ1) is 16.8. The Balaban J connectivity index is 1.84. The van der Waals surface area contributed by atoms with Gasteiger partial charge < -0.3 is 10.0 Å². The molecule has 2 atom stereocenters. The number of aliphatic carboxylic acids is 1. The fraction of sp³-hybridized carbons (Fsp3) is 0.500. The summed E-state index contributed by atoms with van der Waals surface area (Å²) in [7, 11) is -3.36. The maximum Gasteiger partial charge on any atom is 0.308 e. The number of hydrogen-bond donors (Lipinski definition) is 1. The second-order valence-corrected chi connectivity index (χ2v) is 8.39. The minimum absolute atomic E-state index is 0.177. The van der Waals surface area contributed by atoms with Gasteiger partial charge in [0.15, 0.2) is 0 Å². The molecule has 0 saturated carbocycles. The normalized spacial score (nSPS) is 23.4. The van der Waals surface area contributed by atoms with E-state index < -0.39 is 21.9 Å². The monoisotopic (exact) mass is 352 g/mol. The fourth-order valence-electron chi connectivity index (χ4n) is 3.57. The molecule has 0 aromatic heterocycles. The number of nitrogens with zero attached hydrogens (tertiary/aromatic N) is 2. The van der Waals surface area contributed by atoms with Gasteiger partial charge in [-0.3, -0.25) is 13.9 Å². The van der Waals surface area contributed by atoms with E-state index in [-0.39, 0.29) is 18.5 Å². The number of carboxylic acids is 1. The predicted molar refractivity (Wildman–Crippen MR) is 88.6 cm³/mol. The summed E-state index contributed by atoms with van der Waals surface area (Å²) >= 11 is 0. The van der Waals surface area contributed by atoms with Crippen LogP contribution in [0.25, 0.3) is 0 Å². The van der Waals surface area contributed by atoms with E-state index in [4.69, 9.17) is 5.11 Å². The lowest BCUT2D eigenvalue weighted by molar-refractivity contribution is -0.141. The zero-order valence-corrected chi connectivity index (χ0v) is 14.4. The Kier molecular flexibility index (Phi) is 4.03. The van der Waals surface area contributed by atoms with Crippen LogP contribution >= 0.6 is 0 Å². The van der Waals surface area contributed by atoms with Crippen LogP contribution < -0.4 is 4.31 Å².